The van der Waals surface area contributed by atoms with Crippen LogP contribution in [0.15, 0.2) is 59.8 Å². The number of rotatable bonds is 10. The van der Waals surface area contributed by atoms with Crippen molar-refractivity contribution in [3.05, 3.63) is 54.6 Å². The zero-order valence-electron chi connectivity index (χ0n) is 18.7. The van der Waals surface area contributed by atoms with Crippen molar-refractivity contribution in [2.45, 2.75) is 45.3 Å². The zero-order chi connectivity index (χ0) is 22.2. The van der Waals surface area contributed by atoms with E-state index in [0.717, 1.165) is 36.6 Å². The molecule has 0 aliphatic rings. The molecule has 3 rings (SSSR count). The Hall–Kier alpha value is -2.80. The van der Waals surface area contributed by atoms with Crippen LogP contribution in [0.25, 0.3) is 17.1 Å². The molecule has 0 unspecified atom stereocenters. The SMILES string of the molecule is CC[C@@H](C)NC(=O)CSc1nnc(-c2ccc(N(CC)CC)cc2)n1-c1ccccc1. The minimum Gasteiger partial charge on any atom is -0.372 e. The highest BCUT2D eigenvalue weighted by Gasteiger charge is 2.18. The Kier molecular flexibility index (Phi) is 8.12. The number of hydrogen-bond acceptors (Lipinski definition) is 5. The molecule has 3 aromatic rings. The standard InChI is InChI=1S/C24H31N5OS/c1-5-18(4)25-22(30)17-31-24-27-26-23(29(24)21-11-9-8-10-12-21)19-13-15-20(16-14-19)28(6-2)7-3/h8-16,18H,5-7,17H2,1-4H3,(H,25,30)/t18-/m1/s1. The maximum Gasteiger partial charge on any atom is 0.230 e. The summed E-state index contributed by atoms with van der Waals surface area (Å²) in [5.74, 6) is 1.07. The van der Waals surface area contributed by atoms with Gasteiger partial charge in [0.15, 0.2) is 11.0 Å². The molecule has 2 aromatic carbocycles. The van der Waals surface area contributed by atoms with Gasteiger partial charge in [-0.3, -0.25) is 9.36 Å². The molecule has 1 heterocycles. The molecule has 7 heteroatoms. The second-order valence-electron chi connectivity index (χ2n) is 7.36. The number of benzene rings is 2. The topological polar surface area (TPSA) is 63.1 Å². The van der Waals surface area contributed by atoms with Crippen molar-refractivity contribution in [2.24, 2.45) is 0 Å². The molecular formula is C24H31N5OS. The van der Waals surface area contributed by atoms with Crippen molar-refractivity contribution in [2.75, 3.05) is 23.7 Å². The van der Waals surface area contributed by atoms with E-state index in [9.17, 15) is 4.79 Å². The Morgan fingerprint density at radius 1 is 1.03 bits per heavy atom. The Bertz CT molecular complexity index is 967. The monoisotopic (exact) mass is 437 g/mol. The van der Waals surface area contributed by atoms with Gasteiger partial charge in [-0.1, -0.05) is 36.9 Å². The smallest absolute Gasteiger partial charge is 0.230 e. The van der Waals surface area contributed by atoms with Crippen molar-refractivity contribution in [1.82, 2.24) is 20.1 Å². The Balaban J connectivity index is 1.90. The third-order valence-electron chi connectivity index (χ3n) is 5.25. The number of anilines is 1. The fraction of sp³-hybridized carbons (Fsp3) is 0.375. The number of nitrogens with zero attached hydrogens (tertiary/aromatic N) is 4. The van der Waals surface area contributed by atoms with Crippen LogP contribution in [0.5, 0.6) is 0 Å². The normalized spacial score (nSPS) is 11.9. The van der Waals surface area contributed by atoms with Crippen LogP contribution in [0.3, 0.4) is 0 Å². The average molecular weight is 438 g/mol. The highest BCUT2D eigenvalue weighted by molar-refractivity contribution is 7.99. The van der Waals surface area contributed by atoms with E-state index in [0.29, 0.717) is 10.9 Å². The van der Waals surface area contributed by atoms with Crippen LogP contribution in [0.1, 0.15) is 34.1 Å². The van der Waals surface area contributed by atoms with E-state index < -0.39 is 0 Å². The van der Waals surface area contributed by atoms with Crippen LogP contribution in [-0.4, -0.2) is 45.6 Å². The molecule has 0 fully saturated rings. The summed E-state index contributed by atoms with van der Waals surface area (Å²) in [6.45, 7) is 10.3. The van der Waals surface area contributed by atoms with E-state index >= 15 is 0 Å². The number of carbonyl (C=O) groups excluding carboxylic acids is 1. The summed E-state index contributed by atoms with van der Waals surface area (Å²) in [5.41, 5.74) is 3.15. The summed E-state index contributed by atoms with van der Waals surface area (Å²) in [5, 5.41) is 12.6. The maximum absolute atomic E-state index is 12.3. The van der Waals surface area contributed by atoms with Crippen LogP contribution >= 0.6 is 11.8 Å². The van der Waals surface area contributed by atoms with Gasteiger partial charge in [-0.25, -0.2) is 0 Å². The first-order valence-electron chi connectivity index (χ1n) is 10.9. The molecule has 1 aromatic heterocycles. The van der Waals surface area contributed by atoms with Crippen molar-refractivity contribution >= 4 is 23.4 Å². The summed E-state index contributed by atoms with van der Waals surface area (Å²) < 4.78 is 2.02. The van der Waals surface area contributed by atoms with Crippen LogP contribution in [0.2, 0.25) is 0 Å². The lowest BCUT2D eigenvalue weighted by molar-refractivity contribution is -0.119. The van der Waals surface area contributed by atoms with Crippen LogP contribution in [0.4, 0.5) is 5.69 Å². The molecule has 6 nitrogen and oxygen atoms in total. The molecule has 1 amide bonds. The summed E-state index contributed by atoms with van der Waals surface area (Å²) >= 11 is 1.40. The molecule has 1 N–H and O–H groups in total. The van der Waals surface area contributed by atoms with Gasteiger partial charge in [0.05, 0.1) is 5.75 Å². The third-order valence-corrected chi connectivity index (χ3v) is 6.18. The zero-order valence-corrected chi connectivity index (χ0v) is 19.5. The minimum atomic E-state index is 0.00656. The van der Waals surface area contributed by atoms with Gasteiger partial charge >= 0.3 is 0 Å². The number of para-hydroxylation sites is 1. The predicted octanol–water partition coefficient (Wildman–Crippen LogP) is 4.79. The molecule has 0 aliphatic heterocycles. The van der Waals surface area contributed by atoms with Gasteiger partial charge in [0, 0.05) is 36.1 Å². The highest BCUT2D eigenvalue weighted by atomic mass is 32.2. The highest BCUT2D eigenvalue weighted by Crippen LogP contribution is 2.29. The predicted molar refractivity (Wildman–Crippen MR) is 129 cm³/mol. The van der Waals surface area contributed by atoms with E-state index in [-0.39, 0.29) is 11.9 Å². The van der Waals surface area contributed by atoms with E-state index in [4.69, 9.17) is 0 Å². The summed E-state index contributed by atoms with van der Waals surface area (Å²) in [6.07, 6.45) is 0.907. The van der Waals surface area contributed by atoms with Gasteiger partial charge in [0.25, 0.3) is 0 Å². The molecule has 31 heavy (non-hydrogen) atoms. The average Bonchev–Trinajstić information content (AvgIpc) is 3.23. The third kappa shape index (κ3) is 5.67. The number of amides is 1. The van der Waals surface area contributed by atoms with Gasteiger partial charge < -0.3 is 10.2 Å². The minimum absolute atomic E-state index is 0.00656. The summed E-state index contributed by atoms with van der Waals surface area (Å²) in [4.78, 5) is 14.6. The Labute approximate surface area is 189 Å². The fourth-order valence-electron chi connectivity index (χ4n) is 3.32. The van der Waals surface area contributed by atoms with Gasteiger partial charge in [-0.2, -0.15) is 0 Å². The molecule has 0 bridgehead atoms. The van der Waals surface area contributed by atoms with Gasteiger partial charge in [-0.05, 0) is 63.6 Å². The number of thioether (sulfide) groups is 1. The van der Waals surface area contributed by atoms with E-state index in [1.807, 2.05) is 41.8 Å². The van der Waals surface area contributed by atoms with Gasteiger partial charge in [0.1, 0.15) is 0 Å². The first-order chi connectivity index (χ1) is 15.1. The quantitative estimate of drug-likeness (QED) is 0.462. The molecule has 164 valence electrons. The number of nitrogens with one attached hydrogen (secondary N) is 1. The lowest BCUT2D eigenvalue weighted by Gasteiger charge is -2.21. The van der Waals surface area contributed by atoms with Crippen molar-refractivity contribution in [3.63, 3.8) is 0 Å². The van der Waals surface area contributed by atoms with E-state index in [2.05, 4.69) is 65.5 Å². The molecule has 0 aliphatic carbocycles. The van der Waals surface area contributed by atoms with Crippen molar-refractivity contribution in [1.29, 1.82) is 0 Å². The molecular weight excluding hydrogens is 406 g/mol. The largest absolute Gasteiger partial charge is 0.372 e. The first-order valence-corrected chi connectivity index (χ1v) is 11.8. The van der Waals surface area contributed by atoms with Crippen LogP contribution < -0.4 is 10.2 Å². The van der Waals surface area contributed by atoms with E-state index in [1.165, 1.54) is 17.4 Å². The molecule has 0 radical (unpaired) electrons. The number of carbonyl (C=O) groups is 1. The molecule has 0 saturated heterocycles. The van der Waals surface area contributed by atoms with Crippen LogP contribution in [-0.2, 0) is 4.79 Å². The molecule has 0 spiro atoms. The van der Waals surface area contributed by atoms with Gasteiger partial charge in [-0.15, -0.1) is 10.2 Å². The maximum atomic E-state index is 12.3. The molecule has 1 atom stereocenters. The Morgan fingerprint density at radius 2 is 1.71 bits per heavy atom. The van der Waals surface area contributed by atoms with Crippen molar-refractivity contribution in [3.8, 4) is 17.1 Å². The second kappa shape index (κ2) is 11.0. The first kappa shape index (κ1) is 22.9. The second-order valence-corrected chi connectivity index (χ2v) is 8.30. The van der Waals surface area contributed by atoms with Crippen LogP contribution in [0, 0.1) is 0 Å². The Morgan fingerprint density at radius 3 is 2.32 bits per heavy atom. The van der Waals surface area contributed by atoms with E-state index in [1.54, 1.807) is 0 Å². The summed E-state index contributed by atoms with van der Waals surface area (Å²) in [6, 6.07) is 18.6. The van der Waals surface area contributed by atoms with Gasteiger partial charge in [0.2, 0.25) is 5.91 Å². The lowest BCUT2D eigenvalue weighted by atomic mass is 10.1. The summed E-state index contributed by atoms with van der Waals surface area (Å²) in [7, 11) is 0. The number of aromatic nitrogens is 3. The molecule has 0 saturated carbocycles. The number of hydrogen-bond donors (Lipinski definition) is 1. The fourth-order valence-corrected chi connectivity index (χ4v) is 4.08. The lowest BCUT2D eigenvalue weighted by Crippen LogP contribution is -2.33. The van der Waals surface area contributed by atoms with Crippen molar-refractivity contribution < 1.29 is 4.79 Å².